The van der Waals surface area contributed by atoms with Crippen molar-refractivity contribution in [3.63, 3.8) is 0 Å². The van der Waals surface area contributed by atoms with Crippen LogP contribution in [0.25, 0.3) is 0 Å². The summed E-state index contributed by atoms with van der Waals surface area (Å²) >= 11 is 0. The fourth-order valence-corrected chi connectivity index (χ4v) is 5.80. The smallest absolute Gasteiger partial charge is 0.339 e. The van der Waals surface area contributed by atoms with Gasteiger partial charge in [-0.3, -0.25) is 19.3 Å². The van der Waals surface area contributed by atoms with Gasteiger partial charge in [0.15, 0.2) is 11.4 Å². The van der Waals surface area contributed by atoms with Gasteiger partial charge in [0.05, 0.1) is 23.6 Å². The molecule has 0 aliphatic heterocycles. The number of amides is 1. The van der Waals surface area contributed by atoms with Crippen molar-refractivity contribution in [3.8, 4) is 5.75 Å². The van der Waals surface area contributed by atoms with Gasteiger partial charge in [-0.15, -0.1) is 0 Å². The summed E-state index contributed by atoms with van der Waals surface area (Å²) in [6, 6.07) is 1.05. The minimum Gasteiger partial charge on any atom is -0.510 e. The Labute approximate surface area is 198 Å². The summed E-state index contributed by atoms with van der Waals surface area (Å²) < 4.78 is 0. The topological polar surface area (TPSA) is 219 Å². The molecule has 1 aromatic carbocycles. The minimum absolute atomic E-state index is 0.185. The zero-order valence-corrected chi connectivity index (χ0v) is 18.9. The number of benzene rings is 1. The van der Waals surface area contributed by atoms with Crippen LogP contribution in [0.2, 0.25) is 0 Å². The zero-order valence-electron chi connectivity index (χ0n) is 18.9. The Morgan fingerprint density at radius 3 is 2.23 bits per heavy atom. The van der Waals surface area contributed by atoms with E-state index in [1.165, 1.54) is 25.1 Å². The molecule has 0 fully saturated rings. The number of carbonyl (C=O) groups excluding carboxylic acids is 3. The number of ketones is 2. The van der Waals surface area contributed by atoms with E-state index in [2.05, 4.69) is 0 Å². The average Bonchev–Trinajstić information content (AvgIpc) is 2.75. The number of nitrogens with zero attached hydrogens (tertiary/aromatic N) is 1. The summed E-state index contributed by atoms with van der Waals surface area (Å²) in [6.07, 6.45) is -1.72. The number of hydrogen-bond acceptors (Lipinski definition) is 10. The Hall–Kier alpha value is -3.74. The highest BCUT2D eigenvalue weighted by Gasteiger charge is 2.67. The van der Waals surface area contributed by atoms with Crippen LogP contribution in [0.4, 0.5) is 0 Å². The third kappa shape index (κ3) is 2.90. The van der Waals surface area contributed by atoms with Gasteiger partial charge in [0.2, 0.25) is 5.78 Å². The van der Waals surface area contributed by atoms with E-state index >= 15 is 0 Å². The molecule has 0 spiro atoms. The molecule has 3 unspecified atom stereocenters. The SMILES string of the molecule is CC1c2ccc(C(=O)O)c(O)c2C(=O)C2=C(O)[C@]3(O)C(=O)C(C(N)=O)=C(O)[C@@H](N(C)C)C3[C@@H](O)C21. The Kier molecular flexibility index (Phi) is 5.32. The largest absolute Gasteiger partial charge is 0.510 e. The number of hydrogen-bond donors (Lipinski definition) is 7. The lowest BCUT2D eigenvalue weighted by atomic mass is 9.55. The van der Waals surface area contributed by atoms with Gasteiger partial charge in [-0.05, 0) is 31.6 Å². The van der Waals surface area contributed by atoms with Gasteiger partial charge in [-0.2, -0.15) is 0 Å². The van der Waals surface area contributed by atoms with Crippen molar-refractivity contribution < 1.29 is 49.8 Å². The predicted molar refractivity (Wildman–Crippen MR) is 117 cm³/mol. The number of aromatic hydroxyl groups is 1. The molecule has 0 saturated heterocycles. The van der Waals surface area contributed by atoms with Crippen molar-refractivity contribution >= 4 is 23.4 Å². The van der Waals surface area contributed by atoms with Gasteiger partial charge in [0, 0.05) is 11.5 Å². The number of Topliss-reactive ketones (excluding diaryl/α,β-unsaturated/α-hetero) is 2. The van der Waals surface area contributed by atoms with Crippen LogP contribution in [0.5, 0.6) is 5.75 Å². The summed E-state index contributed by atoms with van der Waals surface area (Å²) in [5.74, 6) is -12.0. The summed E-state index contributed by atoms with van der Waals surface area (Å²) in [5, 5.41) is 64.8. The standard InChI is InChI=1S/C23H24N2O10/c1-6-7-4-5-8(22(33)34)15(26)10(7)16(27)11-9(6)17(28)13-14(25(2)3)18(29)12(21(24)32)20(31)23(13,35)19(11)30/h4-6,9,13-14,17,26,28-30,35H,1-3H3,(H2,24,32)(H,33,34)/t6?,9?,13?,14-,17-,23-/m0/s1. The summed E-state index contributed by atoms with van der Waals surface area (Å²) in [6.45, 7) is 1.55. The van der Waals surface area contributed by atoms with Crippen molar-refractivity contribution in [2.75, 3.05) is 14.1 Å². The normalized spacial score (nSPS) is 32.3. The fraction of sp³-hybridized carbons (Fsp3) is 0.391. The molecule has 3 aliphatic carbocycles. The number of likely N-dealkylation sites (N-methyl/N-ethyl adjacent to an activating group) is 1. The highest BCUT2D eigenvalue weighted by Crippen LogP contribution is 2.55. The van der Waals surface area contributed by atoms with Crippen LogP contribution in [0, 0.1) is 11.8 Å². The third-order valence-electron chi connectivity index (χ3n) is 7.36. The first-order valence-electron chi connectivity index (χ1n) is 10.6. The third-order valence-corrected chi connectivity index (χ3v) is 7.36. The van der Waals surface area contributed by atoms with E-state index < -0.39 is 98.5 Å². The highest BCUT2D eigenvalue weighted by molar-refractivity contribution is 6.25. The molecule has 4 rings (SSSR count). The number of fused-ring (bicyclic) bond motifs is 3. The van der Waals surface area contributed by atoms with Crippen LogP contribution in [0.15, 0.2) is 34.8 Å². The molecule has 12 nitrogen and oxygen atoms in total. The van der Waals surface area contributed by atoms with Crippen LogP contribution in [-0.2, 0) is 9.59 Å². The molecular formula is C23H24N2O10. The second kappa shape index (κ2) is 7.63. The first-order chi connectivity index (χ1) is 16.2. The molecule has 186 valence electrons. The molecule has 35 heavy (non-hydrogen) atoms. The Morgan fingerprint density at radius 2 is 1.71 bits per heavy atom. The van der Waals surface area contributed by atoms with Crippen LogP contribution >= 0.6 is 0 Å². The number of aliphatic hydroxyl groups excluding tert-OH is 3. The number of carbonyl (C=O) groups is 4. The van der Waals surface area contributed by atoms with E-state index in [9.17, 15) is 49.8 Å². The first kappa shape index (κ1) is 24.4. The quantitative estimate of drug-likeness (QED) is 0.265. The number of carboxylic acid groups (broad SMARTS) is 1. The summed E-state index contributed by atoms with van der Waals surface area (Å²) in [5.41, 5.74) is -0.217. The van der Waals surface area contributed by atoms with Crippen molar-refractivity contribution in [2.24, 2.45) is 17.6 Å². The van der Waals surface area contributed by atoms with Crippen molar-refractivity contribution in [1.29, 1.82) is 0 Å². The van der Waals surface area contributed by atoms with Crippen LogP contribution in [0.1, 0.15) is 39.1 Å². The van der Waals surface area contributed by atoms with E-state index in [0.29, 0.717) is 0 Å². The van der Waals surface area contributed by atoms with E-state index in [0.717, 1.165) is 6.07 Å². The molecule has 1 aromatic rings. The van der Waals surface area contributed by atoms with Crippen LogP contribution in [0.3, 0.4) is 0 Å². The Morgan fingerprint density at radius 1 is 1.11 bits per heavy atom. The molecule has 0 bridgehead atoms. The maximum Gasteiger partial charge on any atom is 0.339 e. The monoisotopic (exact) mass is 488 g/mol. The van der Waals surface area contributed by atoms with E-state index in [1.807, 2.05) is 0 Å². The summed E-state index contributed by atoms with van der Waals surface area (Å²) in [7, 11) is 2.88. The van der Waals surface area contributed by atoms with Crippen molar-refractivity contribution in [1.82, 2.24) is 4.90 Å². The van der Waals surface area contributed by atoms with E-state index in [1.54, 1.807) is 6.92 Å². The molecular weight excluding hydrogens is 464 g/mol. The zero-order chi connectivity index (χ0) is 26.3. The van der Waals surface area contributed by atoms with Gasteiger partial charge in [0.1, 0.15) is 28.4 Å². The molecule has 3 aliphatic rings. The second-order valence-electron chi connectivity index (χ2n) is 9.28. The lowest BCUT2D eigenvalue weighted by Crippen LogP contribution is -2.68. The number of aliphatic hydroxyl groups is 4. The van der Waals surface area contributed by atoms with Gasteiger partial charge in [-0.1, -0.05) is 13.0 Å². The van der Waals surface area contributed by atoms with Crippen molar-refractivity contribution in [3.05, 3.63) is 51.5 Å². The van der Waals surface area contributed by atoms with E-state index in [4.69, 9.17) is 5.73 Å². The van der Waals surface area contributed by atoms with Crippen LogP contribution in [-0.4, -0.2) is 90.8 Å². The molecule has 0 saturated carbocycles. The molecule has 0 aromatic heterocycles. The highest BCUT2D eigenvalue weighted by atomic mass is 16.4. The molecule has 12 heteroatoms. The predicted octanol–water partition coefficient (Wildman–Crippen LogP) is -0.649. The number of primary amides is 1. The van der Waals surface area contributed by atoms with Crippen LogP contribution < -0.4 is 5.73 Å². The number of phenols is 1. The molecule has 1 amide bonds. The number of aromatic carboxylic acids is 1. The lowest BCUT2D eigenvalue weighted by Gasteiger charge is -2.53. The first-order valence-corrected chi connectivity index (χ1v) is 10.6. The number of rotatable bonds is 3. The minimum atomic E-state index is -3.02. The number of carboxylic acids is 1. The Bertz CT molecular complexity index is 1280. The maximum absolute atomic E-state index is 13.5. The molecule has 6 atom stereocenters. The molecule has 0 radical (unpaired) electrons. The second-order valence-corrected chi connectivity index (χ2v) is 9.28. The van der Waals surface area contributed by atoms with Gasteiger partial charge < -0.3 is 36.4 Å². The number of nitrogens with two attached hydrogens (primary N) is 1. The summed E-state index contributed by atoms with van der Waals surface area (Å²) in [4.78, 5) is 51.5. The Balaban J connectivity index is 2.06. The fourth-order valence-electron chi connectivity index (χ4n) is 5.80. The van der Waals surface area contributed by atoms with Gasteiger partial charge >= 0.3 is 5.97 Å². The van der Waals surface area contributed by atoms with Gasteiger partial charge in [-0.25, -0.2) is 4.79 Å². The maximum atomic E-state index is 13.5. The van der Waals surface area contributed by atoms with Gasteiger partial charge in [0.25, 0.3) is 5.91 Å². The molecule has 8 N–H and O–H groups in total. The molecule has 0 heterocycles. The lowest BCUT2D eigenvalue weighted by molar-refractivity contribution is -0.162. The van der Waals surface area contributed by atoms with Crippen molar-refractivity contribution in [2.45, 2.75) is 30.6 Å². The average molecular weight is 488 g/mol. The van der Waals surface area contributed by atoms with E-state index in [-0.39, 0.29) is 5.56 Å².